The van der Waals surface area contributed by atoms with Gasteiger partial charge in [0.1, 0.15) is 0 Å². The van der Waals surface area contributed by atoms with Gasteiger partial charge in [-0.15, -0.1) is 5.10 Å². The molecule has 0 saturated carbocycles. The van der Waals surface area contributed by atoms with Gasteiger partial charge in [-0.2, -0.15) is 0 Å². The van der Waals surface area contributed by atoms with Crippen LogP contribution in [-0.2, 0) is 4.79 Å². The van der Waals surface area contributed by atoms with E-state index in [1.54, 1.807) is 17.1 Å². The Morgan fingerprint density at radius 2 is 2.15 bits per heavy atom. The van der Waals surface area contributed by atoms with Crippen LogP contribution in [0.15, 0.2) is 36.7 Å². The van der Waals surface area contributed by atoms with Crippen molar-refractivity contribution in [2.45, 2.75) is 32.2 Å². The number of hydrogen-bond donors (Lipinski definition) is 2. The second-order valence-electron chi connectivity index (χ2n) is 5.40. The van der Waals surface area contributed by atoms with Gasteiger partial charge in [-0.05, 0) is 32.4 Å². The molecule has 6 nitrogen and oxygen atoms in total. The molecule has 0 aliphatic heterocycles. The molecular weight excluding hydrogens is 254 g/mol. The summed E-state index contributed by atoms with van der Waals surface area (Å²) in [4.78, 5) is 12.0. The maximum atomic E-state index is 12.0. The lowest BCUT2D eigenvalue weighted by Crippen LogP contribution is -2.33. The molecule has 2 rings (SSSR count). The summed E-state index contributed by atoms with van der Waals surface area (Å²) in [5.41, 5.74) is 7.03. The van der Waals surface area contributed by atoms with Crippen molar-refractivity contribution in [1.82, 2.24) is 15.0 Å². The molecule has 0 spiro atoms. The van der Waals surface area contributed by atoms with Crippen LogP contribution in [-0.4, -0.2) is 26.4 Å². The molecule has 0 aliphatic carbocycles. The third-order valence-electron chi connectivity index (χ3n) is 2.84. The summed E-state index contributed by atoms with van der Waals surface area (Å²) in [5, 5.41) is 10.6. The number of benzene rings is 1. The van der Waals surface area contributed by atoms with Gasteiger partial charge in [-0.3, -0.25) is 4.79 Å². The highest BCUT2D eigenvalue weighted by Gasteiger charge is 2.14. The predicted octanol–water partition coefficient (Wildman–Crippen LogP) is 1.72. The molecule has 6 heteroatoms. The van der Waals surface area contributed by atoms with Gasteiger partial charge in [-0.1, -0.05) is 17.3 Å². The number of amides is 1. The first-order valence-electron chi connectivity index (χ1n) is 6.50. The first-order chi connectivity index (χ1) is 9.46. The fourth-order valence-corrected chi connectivity index (χ4v) is 1.76. The van der Waals surface area contributed by atoms with E-state index in [0.29, 0.717) is 18.5 Å². The lowest BCUT2D eigenvalue weighted by Gasteiger charge is -2.18. The van der Waals surface area contributed by atoms with Crippen molar-refractivity contribution < 1.29 is 4.79 Å². The van der Waals surface area contributed by atoms with E-state index < -0.39 is 0 Å². The first-order valence-corrected chi connectivity index (χ1v) is 6.50. The first kappa shape index (κ1) is 14.2. The summed E-state index contributed by atoms with van der Waals surface area (Å²) >= 11 is 0. The average molecular weight is 273 g/mol. The Bertz CT molecular complexity index is 572. The lowest BCUT2D eigenvalue weighted by molar-refractivity contribution is -0.116. The zero-order valence-corrected chi connectivity index (χ0v) is 11.7. The molecule has 0 aliphatic rings. The summed E-state index contributed by atoms with van der Waals surface area (Å²) < 4.78 is 1.61. The van der Waals surface area contributed by atoms with Crippen LogP contribution >= 0.6 is 0 Å². The molecule has 1 heterocycles. The van der Waals surface area contributed by atoms with Gasteiger partial charge in [0.15, 0.2) is 0 Å². The molecular formula is C14H19N5O. The van der Waals surface area contributed by atoms with Crippen LogP contribution in [0, 0.1) is 0 Å². The summed E-state index contributed by atoms with van der Waals surface area (Å²) in [7, 11) is 0. The van der Waals surface area contributed by atoms with Crippen molar-refractivity contribution in [2.75, 3.05) is 5.32 Å². The van der Waals surface area contributed by atoms with Crippen molar-refractivity contribution in [1.29, 1.82) is 0 Å². The normalized spacial score (nSPS) is 11.3. The Labute approximate surface area is 118 Å². The molecule has 0 radical (unpaired) electrons. The summed E-state index contributed by atoms with van der Waals surface area (Å²) in [6, 6.07) is 7.46. The van der Waals surface area contributed by atoms with E-state index in [0.717, 1.165) is 5.69 Å². The monoisotopic (exact) mass is 273 g/mol. The van der Waals surface area contributed by atoms with Crippen molar-refractivity contribution in [2.24, 2.45) is 5.73 Å². The van der Waals surface area contributed by atoms with E-state index >= 15 is 0 Å². The fraction of sp³-hybridized carbons (Fsp3) is 0.357. The number of nitrogens with one attached hydrogen (secondary N) is 1. The number of anilines is 1. The second-order valence-corrected chi connectivity index (χ2v) is 5.40. The molecule has 0 fully saturated rings. The van der Waals surface area contributed by atoms with Crippen LogP contribution in [0.2, 0.25) is 0 Å². The SMILES string of the molecule is CC(C)(N)CCC(=O)Nc1ccccc1-n1ccnn1. The average Bonchev–Trinajstić information content (AvgIpc) is 2.90. The van der Waals surface area contributed by atoms with E-state index in [1.807, 2.05) is 38.1 Å². The Morgan fingerprint density at radius 1 is 1.40 bits per heavy atom. The minimum atomic E-state index is -0.344. The molecule has 0 bridgehead atoms. The van der Waals surface area contributed by atoms with Gasteiger partial charge in [0.05, 0.1) is 23.8 Å². The van der Waals surface area contributed by atoms with Crippen molar-refractivity contribution in [3.05, 3.63) is 36.7 Å². The van der Waals surface area contributed by atoms with E-state index in [1.165, 1.54) is 0 Å². The van der Waals surface area contributed by atoms with Crippen LogP contribution in [0.1, 0.15) is 26.7 Å². The van der Waals surface area contributed by atoms with Crippen LogP contribution in [0.5, 0.6) is 0 Å². The third-order valence-corrected chi connectivity index (χ3v) is 2.84. The van der Waals surface area contributed by atoms with E-state index in [4.69, 9.17) is 5.73 Å². The van der Waals surface area contributed by atoms with E-state index in [-0.39, 0.29) is 11.4 Å². The molecule has 0 atom stereocenters. The number of carbonyl (C=O) groups is 1. The number of hydrogen-bond acceptors (Lipinski definition) is 4. The minimum absolute atomic E-state index is 0.0592. The maximum absolute atomic E-state index is 12.0. The van der Waals surface area contributed by atoms with E-state index in [2.05, 4.69) is 15.6 Å². The van der Waals surface area contributed by atoms with Crippen molar-refractivity contribution in [3.8, 4) is 5.69 Å². The van der Waals surface area contributed by atoms with Crippen molar-refractivity contribution >= 4 is 11.6 Å². The van der Waals surface area contributed by atoms with Gasteiger partial charge in [-0.25, -0.2) is 4.68 Å². The molecule has 2 aromatic rings. The molecule has 1 aromatic carbocycles. The molecule has 106 valence electrons. The topological polar surface area (TPSA) is 85.8 Å². The molecule has 1 aromatic heterocycles. The number of nitrogens with two attached hydrogens (primary N) is 1. The predicted molar refractivity (Wildman–Crippen MR) is 77.5 cm³/mol. The highest BCUT2D eigenvalue weighted by atomic mass is 16.1. The smallest absolute Gasteiger partial charge is 0.224 e. The standard InChI is InChI=1S/C14H19N5O/c1-14(2,15)8-7-13(20)17-11-5-3-4-6-12(11)19-10-9-16-18-19/h3-6,9-10H,7-8,15H2,1-2H3,(H,17,20). The number of aromatic nitrogens is 3. The maximum Gasteiger partial charge on any atom is 0.224 e. The van der Waals surface area contributed by atoms with E-state index in [9.17, 15) is 4.79 Å². The number of nitrogens with zero attached hydrogens (tertiary/aromatic N) is 3. The summed E-state index contributed by atoms with van der Waals surface area (Å²) in [5.74, 6) is -0.0592. The molecule has 0 unspecified atom stereocenters. The Morgan fingerprint density at radius 3 is 2.80 bits per heavy atom. The highest BCUT2D eigenvalue weighted by molar-refractivity contribution is 5.92. The second kappa shape index (κ2) is 5.83. The molecule has 0 saturated heterocycles. The molecule has 3 N–H and O–H groups in total. The van der Waals surface area contributed by atoms with Crippen LogP contribution in [0.4, 0.5) is 5.69 Å². The summed E-state index contributed by atoms with van der Waals surface area (Å²) in [6.07, 6.45) is 4.34. The van der Waals surface area contributed by atoms with Gasteiger partial charge in [0, 0.05) is 12.0 Å². The van der Waals surface area contributed by atoms with Crippen LogP contribution < -0.4 is 11.1 Å². The third kappa shape index (κ3) is 3.89. The molecule has 20 heavy (non-hydrogen) atoms. The Hall–Kier alpha value is -2.21. The summed E-state index contributed by atoms with van der Waals surface area (Å²) in [6.45, 7) is 3.81. The largest absolute Gasteiger partial charge is 0.326 e. The lowest BCUT2D eigenvalue weighted by atomic mass is 10.00. The van der Waals surface area contributed by atoms with Crippen LogP contribution in [0.3, 0.4) is 0 Å². The number of carbonyl (C=O) groups excluding carboxylic acids is 1. The Kier molecular flexibility index (Phi) is 4.14. The number of para-hydroxylation sites is 2. The van der Waals surface area contributed by atoms with Gasteiger partial charge in [0.25, 0.3) is 0 Å². The fourth-order valence-electron chi connectivity index (χ4n) is 1.76. The van der Waals surface area contributed by atoms with Crippen LogP contribution in [0.25, 0.3) is 5.69 Å². The minimum Gasteiger partial charge on any atom is -0.326 e. The van der Waals surface area contributed by atoms with Gasteiger partial charge >= 0.3 is 0 Å². The van der Waals surface area contributed by atoms with Gasteiger partial charge < -0.3 is 11.1 Å². The quantitative estimate of drug-likeness (QED) is 0.868. The zero-order valence-electron chi connectivity index (χ0n) is 11.7. The van der Waals surface area contributed by atoms with Crippen molar-refractivity contribution in [3.63, 3.8) is 0 Å². The van der Waals surface area contributed by atoms with Gasteiger partial charge in [0.2, 0.25) is 5.91 Å². The molecule has 1 amide bonds. The number of rotatable bonds is 5. The Balaban J connectivity index is 2.08. The zero-order chi connectivity index (χ0) is 14.6. The highest BCUT2D eigenvalue weighted by Crippen LogP contribution is 2.19.